The number of methoxy groups -OCH3 is 1. The molecular weight excluding hydrogens is 482 g/mol. The monoisotopic (exact) mass is 511 g/mol. The Balaban J connectivity index is 1.39. The second-order valence-electron chi connectivity index (χ2n) is 9.51. The molecule has 9 heteroatoms. The summed E-state index contributed by atoms with van der Waals surface area (Å²) in [6.07, 6.45) is 2.80. The number of carbonyl (C=O) groups excluding carboxylic acids is 3. The summed E-state index contributed by atoms with van der Waals surface area (Å²) < 4.78 is 11.5. The zero-order chi connectivity index (χ0) is 25.3. The number of benzene rings is 2. The van der Waals surface area contributed by atoms with E-state index in [1.807, 2.05) is 4.90 Å². The minimum atomic E-state index is -0.937. The van der Waals surface area contributed by atoms with E-state index in [9.17, 15) is 14.4 Å². The molecule has 1 atom stereocenters. The van der Waals surface area contributed by atoms with E-state index >= 15 is 0 Å². The van der Waals surface area contributed by atoms with Crippen molar-refractivity contribution in [3.63, 3.8) is 0 Å². The van der Waals surface area contributed by atoms with Gasteiger partial charge < -0.3 is 19.3 Å². The average Bonchev–Trinajstić information content (AvgIpc) is 3.58. The molecule has 0 saturated carbocycles. The summed E-state index contributed by atoms with van der Waals surface area (Å²) in [5, 5.41) is 0.574. The largest absolute Gasteiger partial charge is 0.497 e. The lowest BCUT2D eigenvalue weighted by molar-refractivity contribution is -0.136. The van der Waals surface area contributed by atoms with Gasteiger partial charge in [0.1, 0.15) is 17.5 Å². The van der Waals surface area contributed by atoms with Gasteiger partial charge in [-0.1, -0.05) is 11.6 Å². The van der Waals surface area contributed by atoms with Gasteiger partial charge in [0.2, 0.25) is 5.91 Å². The topological polar surface area (TPSA) is 79.4 Å². The smallest absolute Gasteiger partial charge is 0.256 e. The van der Waals surface area contributed by atoms with Crippen LogP contribution in [-0.4, -0.2) is 84.1 Å². The molecule has 1 spiro atoms. The Labute approximate surface area is 215 Å². The van der Waals surface area contributed by atoms with Gasteiger partial charge >= 0.3 is 0 Å². The maximum Gasteiger partial charge on any atom is 0.256 e. The fraction of sp³-hybridized carbons (Fsp3) is 0.444. The first kappa shape index (κ1) is 24.6. The second kappa shape index (κ2) is 10.1. The Hall–Kier alpha value is -3.10. The molecule has 0 bridgehead atoms. The molecule has 0 aliphatic carbocycles. The minimum Gasteiger partial charge on any atom is -0.497 e. The lowest BCUT2D eigenvalue weighted by Crippen LogP contribution is -2.60. The lowest BCUT2D eigenvalue weighted by Gasteiger charge is -2.44. The van der Waals surface area contributed by atoms with Crippen LogP contribution < -0.4 is 4.74 Å². The fourth-order valence-electron chi connectivity index (χ4n) is 5.41. The second-order valence-corrected chi connectivity index (χ2v) is 9.94. The van der Waals surface area contributed by atoms with Crippen LogP contribution in [0.5, 0.6) is 5.75 Å². The third-order valence-electron chi connectivity index (χ3n) is 7.44. The van der Waals surface area contributed by atoms with Crippen molar-refractivity contribution in [3.05, 3.63) is 64.7 Å². The molecule has 3 heterocycles. The minimum absolute atomic E-state index is 0.0640. The molecule has 3 amide bonds. The highest BCUT2D eigenvalue weighted by Crippen LogP contribution is 2.39. The highest BCUT2D eigenvalue weighted by Gasteiger charge is 2.55. The third kappa shape index (κ3) is 4.55. The van der Waals surface area contributed by atoms with Gasteiger partial charge in [-0.25, -0.2) is 0 Å². The molecule has 190 valence electrons. The average molecular weight is 512 g/mol. The van der Waals surface area contributed by atoms with Crippen LogP contribution in [0.15, 0.2) is 48.5 Å². The molecule has 3 fully saturated rings. The quantitative estimate of drug-likeness (QED) is 0.628. The summed E-state index contributed by atoms with van der Waals surface area (Å²) >= 11 is 5.97. The van der Waals surface area contributed by atoms with Crippen molar-refractivity contribution in [1.82, 2.24) is 14.7 Å². The number of amides is 3. The van der Waals surface area contributed by atoms with E-state index in [0.29, 0.717) is 60.9 Å². The molecule has 2 aromatic rings. The Kier molecular flexibility index (Phi) is 6.90. The zero-order valence-corrected chi connectivity index (χ0v) is 21.1. The van der Waals surface area contributed by atoms with Crippen molar-refractivity contribution in [2.24, 2.45) is 0 Å². The van der Waals surface area contributed by atoms with Gasteiger partial charge in [-0.05, 0) is 61.4 Å². The number of halogens is 1. The van der Waals surface area contributed by atoms with Gasteiger partial charge in [0, 0.05) is 55.2 Å². The molecular formula is C27H30ClN3O5. The van der Waals surface area contributed by atoms with Crippen LogP contribution in [0.3, 0.4) is 0 Å². The van der Waals surface area contributed by atoms with E-state index in [1.165, 1.54) is 0 Å². The molecule has 0 radical (unpaired) electrons. The maximum atomic E-state index is 13.9. The first-order valence-corrected chi connectivity index (χ1v) is 12.7. The van der Waals surface area contributed by atoms with E-state index in [-0.39, 0.29) is 24.3 Å². The number of nitrogens with zero attached hydrogens (tertiary/aromatic N) is 3. The fourth-order valence-corrected chi connectivity index (χ4v) is 5.54. The Bertz CT molecular complexity index is 1120. The van der Waals surface area contributed by atoms with Crippen molar-refractivity contribution in [3.8, 4) is 5.75 Å². The van der Waals surface area contributed by atoms with Crippen molar-refractivity contribution >= 4 is 29.3 Å². The lowest BCUT2D eigenvalue weighted by atomic mass is 9.96. The number of ether oxygens (including phenoxy) is 2. The Morgan fingerprint density at radius 3 is 2.06 bits per heavy atom. The Morgan fingerprint density at radius 2 is 1.44 bits per heavy atom. The number of piperidine rings is 1. The number of likely N-dealkylation sites (tertiary alicyclic amines) is 2. The predicted octanol–water partition coefficient (Wildman–Crippen LogP) is 3.44. The number of carbonyl (C=O) groups is 3. The summed E-state index contributed by atoms with van der Waals surface area (Å²) in [4.78, 5) is 45.6. The Morgan fingerprint density at radius 1 is 0.861 bits per heavy atom. The van der Waals surface area contributed by atoms with E-state index in [4.69, 9.17) is 21.1 Å². The molecule has 0 N–H and O–H groups in total. The van der Waals surface area contributed by atoms with E-state index in [1.54, 1.807) is 65.4 Å². The standard InChI is InChI=1S/C27H30ClN3O5/c1-35-22-10-6-20(7-11-22)25(33)31-23(26(34)29-14-2-3-15-29)18-36-27(31)12-16-30(17-13-27)24(32)19-4-8-21(28)9-5-19/h4-11,23H,2-3,12-18H2,1H3. The van der Waals surface area contributed by atoms with Crippen LogP contribution in [0.4, 0.5) is 0 Å². The molecule has 1 unspecified atom stereocenters. The zero-order valence-electron chi connectivity index (χ0n) is 20.3. The van der Waals surface area contributed by atoms with Crippen LogP contribution in [0.1, 0.15) is 46.4 Å². The molecule has 3 aliphatic heterocycles. The summed E-state index contributed by atoms with van der Waals surface area (Å²) in [5.41, 5.74) is 0.101. The summed E-state index contributed by atoms with van der Waals surface area (Å²) in [7, 11) is 1.57. The normalized spacial score (nSPS) is 21.2. The van der Waals surface area contributed by atoms with Gasteiger partial charge in [0.15, 0.2) is 0 Å². The molecule has 3 aliphatic rings. The summed E-state index contributed by atoms with van der Waals surface area (Å²) in [5.74, 6) is 0.256. The first-order chi connectivity index (χ1) is 17.4. The van der Waals surface area contributed by atoms with Crippen molar-refractivity contribution in [1.29, 1.82) is 0 Å². The third-order valence-corrected chi connectivity index (χ3v) is 7.69. The predicted molar refractivity (Wildman–Crippen MR) is 134 cm³/mol. The van der Waals surface area contributed by atoms with Gasteiger partial charge in [-0.3, -0.25) is 19.3 Å². The molecule has 36 heavy (non-hydrogen) atoms. The van der Waals surface area contributed by atoms with Crippen LogP contribution in [0, 0.1) is 0 Å². The molecule has 0 aromatic heterocycles. The van der Waals surface area contributed by atoms with Crippen LogP contribution in [-0.2, 0) is 9.53 Å². The number of rotatable bonds is 4. The number of hydrogen-bond acceptors (Lipinski definition) is 5. The first-order valence-electron chi connectivity index (χ1n) is 12.4. The molecule has 2 aromatic carbocycles. The summed E-state index contributed by atoms with van der Waals surface area (Å²) in [6, 6.07) is 13.0. The number of hydrogen-bond donors (Lipinski definition) is 0. The van der Waals surface area contributed by atoms with Gasteiger partial charge in [-0.15, -0.1) is 0 Å². The van der Waals surface area contributed by atoms with Crippen molar-refractivity contribution in [2.45, 2.75) is 37.5 Å². The van der Waals surface area contributed by atoms with Crippen molar-refractivity contribution < 1.29 is 23.9 Å². The highest BCUT2D eigenvalue weighted by atomic mass is 35.5. The molecule has 8 nitrogen and oxygen atoms in total. The van der Waals surface area contributed by atoms with Gasteiger partial charge in [0.25, 0.3) is 11.8 Å². The SMILES string of the molecule is COc1ccc(C(=O)N2C(C(=O)N3CCCC3)COC23CCN(C(=O)c2ccc(Cl)cc2)CC3)cc1. The van der Waals surface area contributed by atoms with Crippen LogP contribution >= 0.6 is 11.6 Å². The highest BCUT2D eigenvalue weighted by molar-refractivity contribution is 6.30. The maximum absolute atomic E-state index is 13.9. The van der Waals surface area contributed by atoms with Crippen LogP contribution in [0.2, 0.25) is 5.02 Å². The van der Waals surface area contributed by atoms with E-state index in [0.717, 1.165) is 12.8 Å². The van der Waals surface area contributed by atoms with E-state index < -0.39 is 11.8 Å². The van der Waals surface area contributed by atoms with Gasteiger partial charge in [-0.2, -0.15) is 0 Å². The van der Waals surface area contributed by atoms with E-state index in [2.05, 4.69) is 0 Å². The molecule has 3 saturated heterocycles. The van der Waals surface area contributed by atoms with Gasteiger partial charge in [0.05, 0.1) is 13.7 Å². The molecule has 5 rings (SSSR count). The van der Waals surface area contributed by atoms with Crippen molar-refractivity contribution in [2.75, 3.05) is 39.9 Å². The van der Waals surface area contributed by atoms with Crippen LogP contribution in [0.25, 0.3) is 0 Å². The summed E-state index contributed by atoms with van der Waals surface area (Å²) in [6.45, 7) is 2.39.